The molecule has 0 radical (unpaired) electrons. The number of carbonyl (C=O) groups is 1. The SMILES string of the molecule is Cc1ccc(C(C)N2CCNCC2C(=O)O)cc1F. The van der Waals surface area contributed by atoms with Gasteiger partial charge in [0, 0.05) is 25.7 Å². The Morgan fingerprint density at radius 3 is 2.95 bits per heavy atom. The molecule has 5 heteroatoms. The van der Waals surface area contributed by atoms with Gasteiger partial charge in [0.15, 0.2) is 0 Å². The predicted molar refractivity (Wildman–Crippen MR) is 70.6 cm³/mol. The maximum absolute atomic E-state index is 13.6. The summed E-state index contributed by atoms with van der Waals surface area (Å²) in [5, 5.41) is 12.3. The summed E-state index contributed by atoms with van der Waals surface area (Å²) in [6.07, 6.45) is 0. The Labute approximate surface area is 112 Å². The molecule has 0 bridgehead atoms. The molecule has 19 heavy (non-hydrogen) atoms. The van der Waals surface area contributed by atoms with Crippen molar-refractivity contribution in [3.05, 3.63) is 35.1 Å². The first-order chi connectivity index (χ1) is 9.00. The molecule has 1 aliphatic heterocycles. The van der Waals surface area contributed by atoms with E-state index in [2.05, 4.69) is 5.32 Å². The molecule has 1 fully saturated rings. The number of aliphatic carboxylic acids is 1. The Hall–Kier alpha value is -1.46. The molecule has 0 amide bonds. The molecular weight excluding hydrogens is 247 g/mol. The number of piperazine rings is 1. The monoisotopic (exact) mass is 266 g/mol. The molecule has 1 aliphatic rings. The van der Waals surface area contributed by atoms with Crippen LogP contribution < -0.4 is 5.32 Å². The number of aryl methyl sites for hydroxylation is 1. The Kier molecular flexibility index (Phi) is 4.17. The summed E-state index contributed by atoms with van der Waals surface area (Å²) < 4.78 is 13.6. The molecule has 1 aromatic carbocycles. The zero-order valence-electron chi connectivity index (χ0n) is 11.2. The van der Waals surface area contributed by atoms with Crippen molar-refractivity contribution >= 4 is 5.97 Å². The number of carboxylic acids is 1. The van der Waals surface area contributed by atoms with Crippen LogP contribution in [0.3, 0.4) is 0 Å². The number of benzene rings is 1. The van der Waals surface area contributed by atoms with Crippen LogP contribution in [-0.4, -0.2) is 41.7 Å². The van der Waals surface area contributed by atoms with Gasteiger partial charge in [-0.3, -0.25) is 9.69 Å². The second-order valence-electron chi connectivity index (χ2n) is 4.98. The molecule has 1 saturated heterocycles. The minimum atomic E-state index is -0.841. The molecule has 1 heterocycles. The zero-order chi connectivity index (χ0) is 14.0. The minimum absolute atomic E-state index is 0.113. The van der Waals surface area contributed by atoms with Gasteiger partial charge in [0.05, 0.1) is 0 Å². The van der Waals surface area contributed by atoms with E-state index in [1.807, 2.05) is 17.9 Å². The van der Waals surface area contributed by atoms with Crippen LogP contribution in [0, 0.1) is 12.7 Å². The Bertz CT molecular complexity index is 479. The Morgan fingerprint density at radius 1 is 1.58 bits per heavy atom. The summed E-state index contributed by atoms with van der Waals surface area (Å²) in [5.41, 5.74) is 1.42. The lowest BCUT2D eigenvalue weighted by Crippen LogP contribution is -2.55. The van der Waals surface area contributed by atoms with Crippen molar-refractivity contribution in [2.24, 2.45) is 0 Å². The van der Waals surface area contributed by atoms with Gasteiger partial charge >= 0.3 is 5.97 Å². The molecule has 2 unspecified atom stereocenters. The lowest BCUT2D eigenvalue weighted by Gasteiger charge is -2.38. The first-order valence-corrected chi connectivity index (χ1v) is 6.46. The van der Waals surface area contributed by atoms with Gasteiger partial charge in [-0.25, -0.2) is 4.39 Å². The van der Waals surface area contributed by atoms with Crippen molar-refractivity contribution in [2.75, 3.05) is 19.6 Å². The molecule has 2 atom stereocenters. The summed E-state index contributed by atoms with van der Waals surface area (Å²) in [6, 6.07) is 4.43. The van der Waals surface area contributed by atoms with Crippen LogP contribution in [0.4, 0.5) is 4.39 Å². The highest BCUT2D eigenvalue weighted by molar-refractivity contribution is 5.74. The molecule has 2 rings (SSSR count). The van der Waals surface area contributed by atoms with Gasteiger partial charge in [-0.2, -0.15) is 0 Å². The van der Waals surface area contributed by atoms with E-state index in [0.29, 0.717) is 18.7 Å². The van der Waals surface area contributed by atoms with Gasteiger partial charge < -0.3 is 10.4 Å². The molecule has 0 spiro atoms. The predicted octanol–water partition coefficient (Wildman–Crippen LogP) is 1.55. The van der Waals surface area contributed by atoms with E-state index < -0.39 is 12.0 Å². The van der Waals surface area contributed by atoms with Crippen LogP contribution in [0.1, 0.15) is 24.1 Å². The van der Waals surface area contributed by atoms with Crippen LogP contribution in [0.2, 0.25) is 0 Å². The fourth-order valence-electron chi connectivity index (χ4n) is 2.47. The fourth-order valence-corrected chi connectivity index (χ4v) is 2.47. The fraction of sp³-hybridized carbons (Fsp3) is 0.500. The van der Waals surface area contributed by atoms with E-state index in [9.17, 15) is 14.3 Å². The number of halogens is 1. The van der Waals surface area contributed by atoms with E-state index in [1.165, 1.54) is 6.07 Å². The quantitative estimate of drug-likeness (QED) is 0.871. The molecule has 4 nitrogen and oxygen atoms in total. The van der Waals surface area contributed by atoms with E-state index >= 15 is 0 Å². The average molecular weight is 266 g/mol. The lowest BCUT2D eigenvalue weighted by molar-refractivity contribution is -0.145. The maximum Gasteiger partial charge on any atom is 0.322 e. The van der Waals surface area contributed by atoms with Crippen molar-refractivity contribution in [1.29, 1.82) is 0 Å². The number of rotatable bonds is 3. The van der Waals surface area contributed by atoms with Crippen LogP contribution in [0.5, 0.6) is 0 Å². The number of nitrogens with zero attached hydrogens (tertiary/aromatic N) is 1. The second-order valence-corrected chi connectivity index (χ2v) is 4.98. The number of hydrogen-bond acceptors (Lipinski definition) is 3. The first-order valence-electron chi connectivity index (χ1n) is 6.46. The van der Waals surface area contributed by atoms with Crippen molar-refractivity contribution in [3.63, 3.8) is 0 Å². The summed E-state index contributed by atoms with van der Waals surface area (Å²) in [4.78, 5) is 13.2. The molecule has 0 saturated carbocycles. The van der Waals surface area contributed by atoms with Gasteiger partial charge in [-0.15, -0.1) is 0 Å². The highest BCUT2D eigenvalue weighted by atomic mass is 19.1. The largest absolute Gasteiger partial charge is 0.480 e. The third kappa shape index (κ3) is 2.93. The standard InChI is InChI=1S/C14H19FN2O2/c1-9-3-4-11(7-12(9)15)10(2)17-6-5-16-8-13(17)14(18)19/h3-4,7,10,13,16H,5-6,8H2,1-2H3,(H,18,19). The average Bonchev–Trinajstić information content (AvgIpc) is 2.41. The summed E-state index contributed by atoms with van der Waals surface area (Å²) in [5.74, 6) is -1.09. The summed E-state index contributed by atoms with van der Waals surface area (Å²) in [7, 11) is 0. The smallest absolute Gasteiger partial charge is 0.322 e. The number of nitrogens with one attached hydrogen (secondary N) is 1. The highest BCUT2D eigenvalue weighted by Gasteiger charge is 2.32. The molecule has 0 aromatic heterocycles. The topological polar surface area (TPSA) is 52.6 Å². The number of hydrogen-bond donors (Lipinski definition) is 2. The van der Waals surface area contributed by atoms with E-state index in [4.69, 9.17) is 0 Å². The summed E-state index contributed by atoms with van der Waals surface area (Å²) >= 11 is 0. The zero-order valence-corrected chi connectivity index (χ0v) is 11.2. The molecule has 0 aliphatic carbocycles. The molecular formula is C14H19FN2O2. The van der Waals surface area contributed by atoms with E-state index in [0.717, 1.165) is 12.1 Å². The van der Waals surface area contributed by atoms with Crippen molar-refractivity contribution in [3.8, 4) is 0 Å². The highest BCUT2D eigenvalue weighted by Crippen LogP contribution is 2.25. The lowest BCUT2D eigenvalue weighted by atomic mass is 10.0. The Balaban J connectivity index is 2.23. The van der Waals surface area contributed by atoms with Crippen LogP contribution >= 0.6 is 0 Å². The van der Waals surface area contributed by atoms with Crippen LogP contribution in [-0.2, 0) is 4.79 Å². The second kappa shape index (κ2) is 5.67. The van der Waals surface area contributed by atoms with Gasteiger partial charge in [0.2, 0.25) is 0 Å². The third-order valence-corrected chi connectivity index (χ3v) is 3.75. The van der Waals surface area contributed by atoms with Crippen LogP contribution in [0.25, 0.3) is 0 Å². The van der Waals surface area contributed by atoms with E-state index in [-0.39, 0.29) is 11.9 Å². The molecule has 2 N–H and O–H groups in total. The van der Waals surface area contributed by atoms with Gasteiger partial charge in [0.25, 0.3) is 0 Å². The molecule has 104 valence electrons. The van der Waals surface area contributed by atoms with Crippen molar-refractivity contribution < 1.29 is 14.3 Å². The normalized spacial score (nSPS) is 22.2. The Morgan fingerprint density at radius 2 is 2.32 bits per heavy atom. The van der Waals surface area contributed by atoms with Crippen LogP contribution in [0.15, 0.2) is 18.2 Å². The summed E-state index contributed by atoms with van der Waals surface area (Å²) in [6.45, 7) is 5.46. The van der Waals surface area contributed by atoms with Gasteiger partial charge in [-0.1, -0.05) is 12.1 Å². The van der Waals surface area contributed by atoms with Gasteiger partial charge in [0.1, 0.15) is 11.9 Å². The maximum atomic E-state index is 13.6. The molecule has 1 aromatic rings. The van der Waals surface area contributed by atoms with Crippen molar-refractivity contribution in [1.82, 2.24) is 10.2 Å². The first kappa shape index (κ1) is 14.0. The van der Waals surface area contributed by atoms with E-state index in [1.54, 1.807) is 13.0 Å². The van der Waals surface area contributed by atoms with Gasteiger partial charge in [-0.05, 0) is 31.0 Å². The third-order valence-electron chi connectivity index (χ3n) is 3.75. The van der Waals surface area contributed by atoms with Crippen molar-refractivity contribution in [2.45, 2.75) is 25.9 Å². The minimum Gasteiger partial charge on any atom is -0.480 e. The number of carboxylic acid groups (broad SMARTS) is 1.